The largest absolute Gasteiger partial charge is 0.454 e. The number of benzene rings is 2. The molecule has 2 aromatic heterocycles. The van der Waals surface area contributed by atoms with Gasteiger partial charge in [0.15, 0.2) is 16.6 Å². The Balaban J connectivity index is 1.40. The number of thiazole rings is 1. The van der Waals surface area contributed by atoms with E-state index in [1.54, 1.807) is 29.6 Å². The van der Waals surface area contributed by atoms with Crippen LogP contribution in [0.4, 0.5) is 5.13 Å². The third-order valence-electron chi connectivity index (χ3n) is 5.31. The van der Waals surface area contributed by atoms with Crippen LogP contribution in [0.25, 0.3) is 16.3 Å². The Hall–Kier alpha value is -3.36. The van der Waals surface area contributed by atoms with Crippen molar-refractivity contribution in [3.63, 3.8) is 0 Å². The molecule has 168 valence electrons. The van der Waals surface area contributed by atoms with Gasteiger partial charge in [0.25, 0.3) is 5.91 Å². The van der Waals surface area contributed by atoms with Crippen LogP contribution in [0.15, 0.2) is 55.1 Å². The SMILES string of the molecule is Cc1cc(Cl)cc2sc(N(CCCn3ccnc3)C(=O)/C=C/c3ccc4c(c3)OCO4)nc12. The van der Waals surface area contributed by atoms with E-state index in [0.29, 0.717) is 28.2 Å². The summed E-state index contributed by atoms with van der Waals surface area (Å²) in [7, 11) is 0. The summed E-state index contributed by atoms with van der Waals surface area (Å²) in [5.41, 5.74) is 2.71. The average Bonchev–Trinajstić information content (AvgIpc) is 3.55. The van der Waals surface area contributed by atoms with Crippen molar-refractivity contribution in [3.05, 3.63) is 71.3 Å². The molecule has 0 spiro atoms. The Morgan fingerprint density at radius 3 is 3.00 bits per heavy atom. The maximum atomic E-state index is 13.3. The van der Waals surface area contributed by atoms with E-state index in [1.807, 2.05) is 48.0 Å². The number of carbonyl (C=O) groups excluding carboxylic acids is 1. The summed E-state index contributed by atoms with van der Waals surface area (Å²) >= 11 is 7.70. The highest BCUT2D eigenvalue weighted by atomic mass is 35.5. The molecule has 9 heteroatoms. The van der Waals surface area contributed by atoms with Crippen LogP contribution < -0.4 is 14.4 Å². The summed E-state index contributed by atoms with van der Waals surface area (Å²) in [4.78, 5) is 23.8. The predicted octanol–water partition coefficient (Wildman–Crippen LogP) is 5.32. The summed E-state index contributed by atoms with van der Waals surface area (Å²) in [6.45, 7) is 3.47. The van der Waals surface area contributed by atoms with Gasteiger partial charge in [0.1, 0.15) is 0 Å². The van der Waals surface area contributed by atoms with Gasteiger partial charge < -0.3 is 14.0 Å². The molecule has 1 amide bonds. The normalized spacial score (nSPS) is 12.7. The summed E-state index contributed by atoms with van der Waals surface area (Å²) in [5.74, 6) is 1.25. The zero-order valence-corrected chi connectivity index (χ0v) is 19.5. The molecule has 0 aliphatic carbocycles. The second kappa shape index (κ2) is 9.25. The van der Waals surface area contributed by atoms with Crippen LogP contribution in [0.3, 0.4) is 0 Å². The molecule has 1 aliphatic heterocycles. The second-order valence-electron chi connectivity index (χ2n) is 7.66. The molecule has 0 N–H and O–H groups in total. The summed E-state index contributed by atoms with van der Waals surface area (Å²) < 4.78 is 13.7. The van der Waals surface area contributed by atoms with Crippen molar-refractivity contribution in [2.45, 2.75) is 19.9 Å². The molecular weight excluding hydrogens is 460 g/mol. The molecule has 0 bridgehead atoms. The van der Waals surface area contributed by atoms with Crippen molar-refractivity contribution >= 4 is 50.3 Å². The summed E-state index contributed by atoms with van der Waals surface area (Å²) in [5, 5.41) is 1.32. The Labute approximate surface area is 199 Å². The maximum absolute atomic E-state index is 13.3. The fraction of sp³-hybridized carbons (Fsp3) is 0.208. The minimum atomic E-state index is -0.138. The van der Waals surface area contributed by atoms with Crippen LogP contribution in [0.5, 0.6) is 11.5 Å². The molecule has 0 fully saturated rings. The van der Waals surface area contributed by atoms with Crippen molar-refractivity contribution < 1.29 is 14.3 Å². The second-order valence-corrected chi connectivity index (χ2v) is 9.10. The molecule has 7 nitrogen and oxygen atoms in total. The third kappa shape index (κ3) is 4.72. The minimum absolute atomic E-state index is 0.138. The first-order valence-electron chi connectivity index (χ1n) is 10.5. The minimum Gasteiger partial charge on any atom is -0.454 e. The fourth-order valence-electron chi connectivity index (χ4n) is 3.66. The Bertz CT molecular complexity index is 1330. The van der Waals surface area contributed by atoms with Gasteiger partial charge in [-0.05, 0) is 54.8 Å². The van der Waals surface area contributed by atoms with Gasteiger partial charge >= 0.3 is 0 Å². The van der Waals surface area contributed by atoms with Crippen LogP contribution in [0.2, 0.25) is 5.02 Å². The van der Waals surface area contributed by atoms with Crippen molar-refractivity contribution in [1.29, 1.82) is 0 Å². The zero-order valence-electron chi connectivity index (χ0n) is 17.9. The highest BCUT2D eigenvalue weighted by molar-refractivity contribution is 7.22. The highest BCUT2D eigenvalue weighted by Crippen LogP contribution is 2.34. The number of hydrogen-bond acceptors (Lipinski definition) is 6. The molecule has 4 aromatic rings. The van der Waals surface area contributed by atoms with Crippen molar-refractivity contribution in [2.24, 2.45) is 0 Å². The number of hydrogen-bond donors (Lipinski definition) is 0. The van der Waals surface area contributed by atoms with Crippen molar-refractivity contribution in [2.75, 3.05) is 18.2 Å². The highest BCUT2D eigenvalue weighted by Gasteiger charge is 2.19. The standard InChI is InChI=1S/C24H21ClN4O3S/c1-16-11-18(25)13-21-23(16)27-24(33-21)29(9-2-8-28-10-7-26-14-28)22(30)6-4-17-3-5-19-20(12-17)32-15-31-19/h3-7,10-14H,2,8-9,15H2,1H3/b6-4+. The number of nitrogens with zero attached hydrogens (tertiary/aromatic N) is 4. The molecule has 5 rings (SSSR count). The van der Waals surface area contributed by atoms with E-state index in [4.69, 9.17) is 26.1 Å². The average molecular weight is 481 g/mol. The molecular formula is C24H21ClN4O3S. The monoisotopic (exact) mass is 480 g/mol. The lowest BCUT2D eigenvalue weighted by Crippen LogP contribution is -2.30. The molecule has 3 heterocycles. The van der Waals surface area contributed by atoms with E-state index in [1.165, 1.54) is 11.3 Å². The van der Waals surface area contributed by atoms with E-state index < -0.39 is 0 Å². The van der Waals surface area contributed by atoms with Crippen LogP contribution in [-0.2, 0) is 11.3 Å². The quantitative estimate of drug-likeness (QED) is 0.335. The first kappa shape index (κ1) is 21.5. The lowest BCUT2D eigenvalue weighted by molar-refractivity contribution is -0.114. The number of amides is 1. The molecule has 0 saturated carbocycles. The number of aromatic nitrogens is 3. The van der Waals surface area contributed by atoms with Crippen LogP contribution in [0.1, 0.15) is 17.5 Å². The number of rotatable bonds is 7. The molecule has 2 aromatic carbocycles. The van der Waals surface area contributed by atoms with Crippen molar-refractivity contribution in [1.82, 2.24) is 14.5 Å². The Morgan fingerprint density at radius 2 is 2.15 bits per heavy atom. The molecule has 0 unspecified atom stereocenters. The summed E-state index contributed by atoms with van der Waals surface area (Å²) in [6.07, 6.45) is 9.54. The van der Waals surface area contributed by atoms with Gasteiger partial charge in [-0.15, -0.1) is 0 Å². The van der Waals surface area contributed by atoms with Gasteiger partial charge in [-0.2, -0.15) is 0 Å². The smallest absolute Gasteiger partial charge is 0.252 e. The van der Waals surface area contributed by atoms with E-state index in [9.17, 15) is 4.79 Å². The van der Waals surface area contributed by atoms with Gasteiger partial charge in [0, 0.05) is 36.6 Å². The van der Waals surface area contributed by atoms with E-state index in [-0.39, 0.29) is 12.7 Å². The Kier molecular flexibility index (Phi) is 6.02. The number of anilines is 1. The molecule has 1 aliphatic rings. The van der Waals surface area contributed by atoms with Crippen molar-refractivity contribution in [3.8, 4) is 11.5 Å². The third-order valence-corrected chi connectivity index (χ3v) is 6.55. The molecule has 0 radical (unpaired) electrons. The van der Waals surface area contributed by atoms with Gasteiger partial charge in [-0.1, -0.05) is 29.0 Å². The summed E-state index contributed by atoms with van der Waals surface area (Å²) in [6, 6.07) is 9.37. The Morgan fingerprint density at radius 1 is 1.27 bits per heavy atom. The van der Waals surface area contributed by atoms with Gasteiger partial charge in [-0.25, -0.2) is 9.97 Å². The lowest BCUT2D eigenvalue weighted by atomic mass is 10.2. The van der Waals surface area contributed by atoms with Gasteiger partial charge in [-0.3, -0.25) is 9.69 Å². The van der Waals surface area contributed by atoms with Crippen LogP contribution in [0, 0.1) is 6.92 Å². The van der Waals surface area contributed by atoms with Crippen LogP contribution >= 0.6 is 22.9 Å². The molecule has 33 heavy (non-hydrogen) atoms. The zero-order chi connectivity index (χ0) is 22.8. The van der Waals surface area contributed by atoms with E-state index in [0.717, 1.165) is 34.3 Å². The first-order chi connectivity index (χ1) is 16.1. The van der Waals surface area contributed by atoms with Gasteiger partial charge in [0.05, 0.1) is 16.5 Å². The van der Waals surface area contributed by atoms with Crippen LogP contribution in [-0.4, -0.2) is 33.8 Å². The van der Waals surface area contributed by atoms with Gasteiger partial charge in [0.2, 0.25) is 6.79 Å². The fourth-order valence-corrected chi connectivity index (χ4v) is 5.11. The number of halogens is 1. The molecule has 0 saturated heterocycles. The molecule has 0 atom stereocenters. The number of aryl methyl sites for hydroxylation is 2. The number of ether oxygens (including phenoxy) is 2. The van der Waals surface area contributed by atoms with E-state index >= 15 is 0 Å². The number of carbonyl (C=O) groups is 1. The number of fused-ring (bicyclic) bond motifs is 2. The first-order valence-corrected chi connectivity index (χ1v) is 11.7. The predicted molar refractivity (Wildman–Crippen MR) is 130 cm³/mol. The van der Waals surface area contributed by atoms with E-state index in [2.05, 4.69) is 4.98 Å². The lowest BCUT2D eigenvalue weighted by Gasteiger charge is -2.18. The topological polar surface area (TPSA) is 69.5 Å². The number of imidazole rings is 1. The maximum Gasteiger partial charge on any atom is 0.252 e.